The second-order valence-electron chi connectivity index (χ2n) is 14.3. The molecule has 11 aromatic rings. The van der Waals surface area contributed by atoms with Gasteiger partial charge in [0.1, 0.15) is 0 Å². The van der Waals surface area contributed by atoms with Crippen LogP contribution in [0.4, 0.5) is 0 Å². The van der Waals surface area contributed by atoms with Crippen LogP contribution in [0.1, 0.15) is 0 Å². The summed E-state index contributed by atoms with van der Waals surface area (Å²) in [5.41, 5.74) is 10.1. The van der Waals surface area contributed by atoms with Crippen molar-refractivity contribution in [1.82, 2.24) is 15.0 Å². The molecule has 11 rings (SSSR count). The van der Waals surface area contributed by atoms with Crippen molar-refractivity contribution in [2.45, 2.75) is 0 Å². The van der Waals surface area contributed by atoms with E-state index in [0.29, 0.717) is 17.5 Å². The first kappa shape index (κ1) is 33.1. The normalized spacial score (nSPS) is 11.5. The average molecular weight is 744 g/mol. The molecule has 2 heterocycles. The van der Waals surface area contributed by atoms with Crippen LogP contribution in [0, 0.1) is 0 Å². The highest BCUT2D eigenvalue weighted by Crippen LogP contribution is 2.43. The van der Waals surface area contributed by atoms with E-state index in [9.17, 15) is 0 Å². The Hall–Kier alpha value is -7.27. The summed E-state index contributed by atoms with van der Waals surface area (Å²) in [5, 5.41) is 7.43. The van der Waals surface area contributed by atoms with Crippen LogP contribution in [0.15, 0.2) is 200 Å². The van der Waals surface area contributed by atoms with Gasteiger partial charge >= 0.3 is 0 Å². The molecule has 4 heteroatoms. The van der Waals surface area contributed by atoms with E-state index in [1.54, 1.807) is 11.3 Å². The van der Waals surface area contributed by atoms with Gasteiger partial charge in [-0.2, -0.15) is 0 Å². The lowest BCUT2D eigenvalue weighted by Gasteiger charge is -2.15. The number of thiophene rings is 1. The monoisotopic (exact) mass is 743 g/mol. The molecule has 0 radical (unpaired) electrons. The van der Waals surface area contributed by atoms with E-state index in [4.69, 9.17) is 15.0 Å². The molecule has 0 atom stereocenters. The van der Waals surface area contributed by atoms with Crippen molar-refractivity contribution in [2.24, 2.45) is 0 Å². The standard InChI is InChI=1S/C53H33N3S/c1-3-14-36(15-4-1)51-54-52(37-16-5-2-6-17-37)56-53(55-51)45-24-13-25-49-50(45)47-32-38(30-31-48(47)57-49)34-26-28-35(29-27-34)40-19-9-10-22-43(40)46-33-39-18-7-8-20-41(39)42-21-11-12-23-44(42)46/h1-33H. The van der Waals surface area contributed by atoms with E-state index >= 15 is 0 Å². The van der Waals surface area contributed by atoms with Gasteiger partial charge in [-0.3, -0.25) is 0 Å². The lowest BCUT2D eigenvalue weighted by molar-refractivity contribution is 1.08. The van der Waals surface area contributed by atoms with E-state index in [0.717, 1.165) is 22.1 Å². The Bertz CT molecular complexity index is 3220. The van der Waals surface area contributed by atoms with Gasteiger partial charge in [-0.25, -0.2) is 15.0 Å². The third kappa shape index (κ3) is 5.86. The van der Waals surface area contributed by atoms with Gasteiger partial charge in [-0.05, 0) is 79.2 Å². The van der Waals surface area contributed by atoms with Crippen LogP contribution in [0.25, 0.3) is 109 Å². The van der Waals surface area contributed by atoms with Gasteiger partial charge in [0.15, 0.2) is 17.5 Å². The first-order valence-electron chi connectivity index (χ1n) is 19.2. The Morgan fingerprint density at radius 3 is 1.58 bits per heavy atom. The lowest BCUT2D eigenvalue weighted by Crippen LogP contribution is -2.00. The highest BCUT2D eigenvalue weighted by molar-refractivity contribution is 7.26. The molecule has 2 aromatic heterocycles. The van der Waals surface area contributed by atoms with Gasteiger partial charge in [-0.1, -0.05) is 176 Å². The summed E-state index contributed by atoms with van der Waals surface area (Å²) in [6, 6.07) is 71.2. The number of aromatic nitrogens is 3. The molecule has 0 N–H and O–H groups in total. The van der Waals surface area contributed by atoms with Gasteiger partial charge in [0.2, 0.25) is 0 Å². The summed E-state index contributed by atoms with van der Waals surface area (Å²) in [6.45, 7) is 0. The Kier molecular flexibility index (Phi) is 8.01. The van der Waals surface area contributed by atoms with Crippen LogP contribution in [-0.4, -0.2) is 15.0 Å². The minimum atomic E-state index is 0.659. The molecule has 266 valence electrons. The molecule has 0 spiro atoms. The molecule has 0 saturated heterocycles. The van der Waals surface area contributed by atoms with Gasteiger partial charge in [0, 0.05) is 36.9 Å². The molecule has 0 unspecified atom stereocenters. The fourth-order valence-corrected chi connectivity index (χ4v) is 9.32. The Morgan fingerprint density at radius 2 is 0.842 bits per heavy atom. The zero-order chi connectivity index (χ0) is 37.7. The maximum absolute atomic E-state index is 5.10. The predicted molar refractivity (Wildman–Crippen MR) is 240 cm³/mol. The molecular formula is C53H33N3S. The van der Waals surface area contributed by atoms with Crippen molar-refractivity contribution >= 4 is 53.1 Å². The van der Waals surface area contributed by atoms with Crippen molar-refractivity contribution in [3.05, 3.63) is 200 Å². The van der Waals surface area contributed by atoms with Crippen molar-refractivity contribution in [3.8, 4) is 67.5 Å². The Labute approximate surface area is 334 Å². The van der Waals surface area contributed by atoms with Crippen LogP contribution in [-0.2, 0) is 0 Å². The highest BCUT2D eigenvalue weighted by atomic mass is 32.1. The summed E-state index contributed by atoms with van der Waals surface area (Å²) < 4.78 is 2.44. The summed E-state index contributed by atoms with van der Waals surface area (Å²) in [7, 11) is 0. The molecule has 0 aliphatic rings. The van der Waals surface area contributed by atoms with E-state index in [1.807, 2.05) is 36.4 Å². The lowest BCUT2D eigenvalue weighted by atomic mass is 9.88. The smallest absolute Gasteiger partial charge is 0.164 e. The van der Waals surface area contributed by atoms with Crippen molar-refractivity contribution in [3.63, 3.8) is 0 Å². The average Bonchev–Trinajstić information content (AvgIpc) is 3.68. The van der Waals surface area contributed by atoms with E-state index in [-0.39, 0.29) is 0 Å². The molecule has 0 fully saturated rings. The molecule has 0 bridgehead atoms. The number of fused-ring (bicyclic) bond motifs is 6. The zero-order valence-electron chi connectivity index (χ0n) is 30.8. The van der Waals surface area contributed by atoms with Gasteiger partial charge < -0.3 is 0 Å². The Balaban J connectivity index is 1.01. The van der Waals surface area contributed by atoms with E-state index < -0.39 is 0 Å². The predicted octanol–water partition coefficient (Wildman–Crippen LogP) is 14.5. The molecule has 3 nitrogen and oxygen atoms in total. The van der Waals surface area contributed by atoms with Gasteiger partial charge in [0.05, 0.1) is 0 Å². The fraction of sp³-hybridized carbons (Fsp3) is 0. The maximum Gasteiger partial charge on any atom is 0.164 e. The second kappa shape index (κ2) is 13.8. The number of nitrogens with zero attached hydrogens (tertiary/aromatic N) is 3. The first-order valence-corrected chi connectivity index (χ1v) is 20.0. The van der Waals surface area contributed by atoms with Crippen LogP contribution in [0.2, 0.25) is 0 Å². The molecule has 0 amide bonds. The van der Waals surface area contributed by atoms with Crippen molar-refractivity contribution in [1.29, 1.82) is 0 Å². The molecule has 9 aromatic carbocycles. The zero-order valence-corrected chi connectivity index (χ0v) is 31.6. The number of benzene rings is 9. The van der Waals surface area contributed by atoms with E-state index in [2.05, 4.69) is 164 Å². The second-order valence-corrected chi connectivity index (χ2v) is 15.4. The minimum Gasteiger partial charge on any atom is -0.208 e. The van der Waals surface area contributed by atoms with Crippen LogP contribution in [0.5, 0.6) is 0 Å². The van der Waals surface area contributed by atoms with Crippen LogP contribution < -0.4 is 0 Å². The topological polar surface area (TPSA) is 38.7 Å². The third-order valence-corrected chi connectivity index (χ3v) is 12.1. The highest BCUT2D eigenvalue weighted by Gasteiger charge is 2.18. The molecule has 0 aliphatic heterocycles. The number of hydrogen-bond acceptors (Lipinski definition) is 4. The van der Waals surface area contributed by atoms with Gasteiger partial charge in [0.25, 0.3) is 0 Å². The number of hydrogen-bond donors (Lipinski definition) is 0. The molecule has 0 saturated carbocycles. The molecule has 57 heavy (non-hydrogen) atoms. The van der Waals surface area contributed by atoms with Gasteiger partial charge in [-0.15, -0.1) is 11.3 Å². The minimum absolute atomic E-state index is 0.659. The van der Waals surface area contributed by atoms with E-state index in [1.165, 1.54) is 69.7 Å². The van der Waals surface area contributed by atoms with Crippen LogP contribution in [0.3, 0.4) is 0 Å². The third-order valence-electron chi connectivity index (χ3n) is 10.9. The maximum atomic E-state index is 5.10. The summed E-state index contributed by atoms with van der Waals surface area (Å²) in [4.78, 5) is 15.1. The number of rotatable bonds is 6. The SMILES string of the molecule is c1ccc(-c2nc(-c3ccccc3)nc(-c3cccc4sc5ccc(-c6ccc(-c7ccccc7-c7cc8ccccc8c8ccccc78)cc6)cc5c34)n2)cc1. The summed E-state index contributed by atoms with van der Waals surface area (Å²) >= 11 is 1.80. The van der Waals surface area contributed by atoms with Crippen LogP contribution >= 0.6 is 11.3 Å². The largest absolute Gasteiger partial charge is 0.208 e. The van der Waals surface area contributed by atoms with Crippen molar-refractivity contribution in [2.75, 3.05) is 0 Å². The quantitative estimate of drug-likeness (QED) is 0.159. The first-order chi connectivity index (χ1) is 28.2. The summed E-state index contributed by atoms with van der Waals surface area (Å²) in [5.74, 6) is 1.99. The fourth-order valence-electron chi connectivity index (χ4n) is 8.21. The molecule has 0 aliphatic carbocycles. The van der Waals surface area contributed by atoms with Crippen molar-refractivity contribution < 1.29 is 0 Å². The summed E-state index contributed by atoms with van der Waals surface area (Å²) in [6.07, 6.45) is 0. The Morgan fingerprint density at radius 1 is 0.281 bits per heavy atom. The molecular weight excluding hydrogens is 711 g/mol.